The van der Waals surface area contributed by atoms with Gasteiger partial charge in [0.1, 0.15) is 17.1 Å². The van der Waals surface area contributed by atoms with E-state index in [4.69, 9.17) is 9.15 Å². The minimum absolute atomic E-state index is 0.294. The first-order valence-corrected chi connectivity index (χ1v) is 8.21. The topological polar surface area (TPSA) is 51.5 Å². The number of methoxy groups -OCH3 is 1. The molecule has 1 heterocycles. The Balaban J connectivity index is 1.96. The number of halogens is 1. The van der Waals surface area contributed by atoms with Crippen molar-refractivity contribution in [1.29, 1.82) is 0 Å². The second-order valence-corrected chi connectivity index (χ2v) is 6.20. The van der Waals surface area contributed by atoms with Gasteiger partial charge in [0.25, 0.3) is 0 Å². The largest absolute Gasteiger partial charge is 0.496 e. The van der Waals surface area contributed by atoms with Gasteiger partial charge in [0.05, 0.1) is 13.4 Å². The molecule has 0 spiro atoms. The molecule has 1 amide bonds. The van der Waals surface area contributed by atoms with Crippen LogP contribution in [0.5, 0.6) is 5.75 Å². The van der Waals surface area contributed by atoms with Crippen molar-refractivity contribution < 1.29 is 18.3 Å². The Bertz CT molecular complexity index is 1000. The maximum atomic E-state index is 13.0. The highest BCUT2D eigenvalue weighted by Gasteiger charge is 2.16. The van der Waals surface area contributed by atoms with E-state index in [9.17, 15) is 9.18 Å². The minimum atomic E-state index is -0.348. The third kappa shape index (κ3) is 3.33. The maximum Gasteiger partial charge on any atom is 0.248 e. The SMILES string of the molecule is COc1c(/C(C)=C/C(=O)Nc2ccc(F)cc2)cc2c(C)coc2c1C. The highest BCUT2D eigenvalue weighted by molar-refractivity contribution is 6.05. The number of aryl methyl sites for hydroxylation is 2. The molecule has 0 unspecified atom stereocenters. The van der Waals surface area contributed by atoms with E-state index < -0.39 is 0 Å². The summed E-state index contributed by atoms with van der Waals surface area (Å²) in [6.45, 7) is 5.75. The number of ether oxygens (including phenoxy) is 1. The van der Waals surface area contributed by atoms with Gasteiger partial charge >= 0.3 is 0 Å². The van der Waals surface area contributed by atoms with Crippen LogP contribution in [0.4, 0.5) is 10.1 Å². The van der Waals surface area contributed by atoms with Crippen molar-refractivity contribution in [2.75, 3.05) is 12.4 Å². The predicted molar refractivity (Wildman–Crippen MR) is 101 cm³/mol. The van der Waals surface area contributed by atoms with Gasteiger partial charge in [-0.05, 0) is 62.2 Å². The fourth-order valence-electron chi connectivity index (χ4n) is 2.98. The number of furan rings is 1. The molecule has 26 heavy (non-hydrogen) atoms. The van der Waals surface area contributed by atoms with Crippen LogP contribution in [0, 0.1) is 19.7 Å². The van der Waals surface area contributed by atoms with Gasteiger partial charge in [0, 0.05) is 28.3 Å². The summed E-state index contributed by atoms with van der Waals surface area (Å²) >= 11 is 0. The number of carbonyl (C=O) groups is 1. The number of benzene rings is 2. The van der Waals surface area contributed by atoms with E-state index in [1.807, 2.05) is 26.8 Å². The van der Waals surface area contributed by atoms with Gasteiger partial charge in [-0.2, -0.15) is 0 Å². The summed E-state index contributed by atoms with van der Waals surface area (Å²) in [5, 5.41) is 3.71. The molecule has 3 rings (SSSR count). The normalized spacial score (nSPS) is 11.7. The zero-order chi connectivity index (χ0) is 18.8. The van der Waals surface area contributed by atoms with Crippen molar-refractivity contribution in [2.45, 2.75) is 20.8 Å². The van der Waals surface area contributed by atoms with E-state index in [0.717, 1.165) is 33.2 Å². The first-order chi connectivity index (χ1) is 12.4. The third-order valence-electron chi connectivity index (χ3n) is 4.33. The van der Waals surface area contributed by atoms with Crippen LogP contribution in [0.3, 0.4) is 0 Å². The van der Waals surface area contributed by atoms with Crippen molar-refractivity contribution in [2.24, 2.45) is 0 Å². The number of carbonyl (C=O) groups excluding carboxylic acids is 1. The van der Waals surface area contributed by atoms with Crippen LogP contribution in [0.1, 0.15) is 23.6 Å². The van der Waals surface area contributed by atoms with Crippen LogP contribution in [0.15, 0.2) is 47.1 Å². The molecule has 134 valence electrons. The Labute approximate surface area is 151 Å². The van der Waals surface area contributed by atoms with E-state index in [0.29, 0.717) is 11.4 Å². The number of hydrogen-bond acceptors (Lipinski definition) is 3. The highest BCUT2D eigenvalue weighted by atomic mass is 19.1. The third-order valence-corrected chi connectivity index (χ3v) is 4.33. The van der Waals surface area contributed by atoms with Crippen molar-refractivity contribution >= 4 is 28.1 Å². The van der Waals surface area contributed by atoms with Gasteiger partial charge in [-0.15, -0.1) is 0 Å². The fraction of sp³-hybridized carbons (Fsp3) is 0.190. The van der Waals surface area contributed by atoms with Crippen LogP contribution >= 0.6 is 0 Å². The zero-order valence-electron chi connectivity index (χ0n) is 15.1. The summed E-state index contributed by atoms with van der Waals surface area (Å²) in [7, 11) is 1.60. The van der Waals surface area contributed by atoms with Gasteiger partial charge in [0.2, 0.25) is 5.91 Å². The van der Waals surface area contributed by atoms with E-state index in [-0.39, 0.29) is 11.7 Å². The van der Waals surface area contributed by atoms with E-state index >= 15 is 0 Å². The Kier molecular flexibility index (Phi) is 4.80. The van der Waals surface area contributed by atoms with Gasteiger partial charge in [-0.1, -0.05) is 0 Å². The lowest BCUT2D eigenvalue weighted by atomic mass is 9.98. The lowest BCUT2D eigenvalue weighted by Gasteiger charge is -2.13. The van der Waals surface area contributed by atoms with E-state index in [1.54, 1.807) is 13.4 Å². The Morgan fingerprint density at radius 2 is 1.92 bits per heavy atom. The first kappa shape index (κ1) is 17.7. The second kappa shape index (κ2) is 7.04. The molecule has 0 bridgehead atoms. The highest BCUT2D eigenvalue weighted by Crippen LogP contribution is 2.37. The molecule has 2 aromatic carbocycles. The summed E-state index contributed by atoms with van der Waals surface area (Å²) < 4.78 is 24.1. The second-order valence-electron chi connectivity index (χ2n) is 6.20. The standard InChI is InChI=1S/C21H20FNO3/c1-12(9-19(24)23-16-7-5-15(22)6-8-16)17-10-18-13(2)11-26-21(18)14(3)20(17)25-4/h5-11H,1-4H3,(H,23,24)/b12-9+. The number of allylic oxidation sites excluding steroid dienone is 1. The lowest BCUT2D eigenvalue weighted by molar-refractivity contribution is -0.111. The lowest BCUT2D eigenvalue weighted by Crippen LogP contribution is -2.08. The molecule has 1 N–H and O–H groups in total. The van der Waals surface area contributed by atoms with Gasteiger partial charge in [0.15, 0.2) is 0 Å². The Morgan fingerprint density at radius 3 is 2.58 bits per heavy atom. The number of rotatable bonds is 4. The summed E-state index contributed by atoms with van der Waals surface area (Å²) in [5.41, 5.74) is 4.81. The Morgan fingerprint density at radius 1 is 1.23 bits per heavy atom. The maximum absolute atomic E-state index is 13.0. The molecule has 0 radical (unpaired) electrons. The monoisotopic (exact) mass is 353 g/mol. The fourth-order valence-corrected chi connectivity index (χ4v) is 2.98. The summed E-state index contributed by atoms with van der Waals surface area (Å²) in [4.78, 5) is 12.3. The number of amides is 1. The van der Waals surface area contributed by atoms with Crippen molar-refractivity contribution in [3.8, 4) is 5.75 Å². The number of hydrogen-bond donors (Lipinski definition) is 1. The van der Waals surface area contributed by atoms with Crippen LogP contribution in [0.2, 0.25) is 0 Å². The molecule has 0 aliphatic rings. The summed E-state index contributed by atoms with van der Waals surface area (Å²) in [6.07, 6.45) is 3.21. The van der Waals surface area contributed by atoms with Crippen LogP contribution in [-0.4, -0.2) is 13.0 Å². The molecule has 0 atom stereocenters. The molecular weight excluding hydrogens is 333 g/mol. The number of nitrogens with one attached hydrogen (secondary N) is 1. The molecule has 3 aromatic rings. The smallest absolute Gasteiger partial charge is 0.248 e. The van der Waals surface area contributed by atoms with Crippen molar-refractivity contribution in [1.82, 2.24) is 0 Å². The average molecular weight is 353 g/mol. The molecule has 0 fully saturated rings. The number of anilines is 1. The molecular formula is C21H20FNO3. The van der Waals surface area contributed by atoms with Gasteiger partial charge < -0.3 is 14.5 Å². The van der Waals surface area contributed by atoms with Crippen molar-refractivity contribution in [3.63, 3.8) is 0 Å². The van der Waals surface area contributed by atoms with Crippen LogP contribution in [-0.2, 0) is 4.79 Å². The molecule has 0 aliphatic carbocycles. The van der Waals surface area contributed by atoms with E-state index in [2.05, 4.69) is 5.32 Å². The van der Waals surface area contributed by atoms with E-state index in [1.165, 1.54) is 30.3 Å². The molecule has 0 saturated heterocycles. The van der Waals surface area contributed by atoms with Crippen LogP contribution < -0.4 is 10.1 Å². The van der Waals surface area contributed by atoms with Gasteiger partial charge in [-0.25, -0.2) is 4.39 Å². The summed E-state index contributed by atoms with van der Waals surface area (Å²) in [5.74, 6) is 0.0340. The average Bonchev–Trinajstić information content (AvgIpc) is 2.98. The zero-order valence-corrected chi connectivity index (χ0v) is 15.1. The quantitative estimate of drug-likeness (QED) is 0.653. The summed E-state index contributed by atoms with van der Waals surface area (Å²) in [6, 6.07) is 7.60. The van der Waals surface area contributed by atoms with Crippen molar-refractivity contribution in [3.05, 3.63) is 65.2 Å². The van der Waals surface area contributed by atoms with Crippen LogP contribution in [0.25, 0.3) is 16.5 Å². The molecule has 1 aromatic heterocycles. The first-order valence-electron chi connectivity index (χ1n) is 8.21. The number of fused-ring (bicyclic) bond motifs is 1. The molecule has 0 aliphatic heterocycles. The minimum Gasteiger partial charge on any atom is -0.496 e. The molecule has 0 saturated carbocycles. The Hall–Kier alpha value is -3.08. The predicted octanol–water partition coefficient (Wildman–Crippen LogP) is 5.24. The molecule has 5 heteroatoms. The molecule has 4 nitrogen and oxygen atoms in total. The van der Waals surface area contributed by atoms with Gasteiger partial charge in [-0.3, -0.25) is 4.79 Å².